The minimum Gasteiger partial charge on any atom is -0.473 e. The van der Waals surface area contributed by atoms with Crippen LogP contribution in [0.2, 0.25) is 0 Å². The zero-order chi connectivity index (χ0) is 6.57. The van der Waals surface area contributed by atoms with Crippen LogP contribution >= 0.6 is 0 Å². The smallest absolute Gasteiger partial charge is 0.451 e. The summed E-state index contributed by atoms with van der Waals surface area (Å²) in [7, 11) is 0. The summed E-state index contributed by atoms with van der Waals surface area (Å²) in [6, 6.07) is 0. The van der Waals surface area contributed by atoms with Gasteiger partial charge in [0, 0.05) is 0 Å². The quantitative estimate of drug-likeness (QED) is 0.247. The lowest BCUT2D eigenvalue weighted by atomic mass is 10.7. The average Bonchev–Trinajstić information content (AvgIpc) is 1.67. The highest BCUT2D eigenvalue weighted by molar-refractivity contribution is 6.28. The van der Waals surface area contributed by atoms with Gasteiger partial charge in [0.15, 0.2) is 0 Å². The normalized spacial score (nSPS) is 8.12. The average molecular weight is 121 g/mol. The molecule has 0 spiro atoms. The van der Waals surface area contributed by atoms with Crippen LogP contribution in [0.1, 0.15) is 0 Å². The number of aliphatic carboxylic acids is 1. The molecule has 0 aliphatic carbocycles. The summed E-state index contributed by atoms with van der Waals surface area (Å²) in [5.41, 5.74) is 0. The molecule has 0 heterocycles. The molecule has 0 aromatic heterocycles. The zero-order valence-electron chi connectivity index (χ0n) is 3.66. The van der Waals surface area contributed by atoms with Crippen molar-refractivity contribution in [1.29, 1.82) is 0 Å². The molecule has 0 aliphatic rings. The molecule has 0 fully saturated rings. The number of carboxylic acid groups (broad SMARTS) is 1. The third-order valence-electron chi connectivity index (χ3n) is 0.298. The zero-order valence-corrected chi connectivity index (χ0v) is 3.66. The van der Waals surface area contributed by atoms with Crippen LogP contribution in [-0.4, -0.2) is 17.0 Å². The van der Waals surface area contributed by atoms with Gasteiger partial charge in [-0.2, -0.15) is 5.90 Å². The molecule has 3 N–H and O–H groups in total. The molecule has 6 heteroatoms. The van der Waals surface area contributed by atoms with E-state index in [9.17, 15) is 9.59 Å². The maximum absolute atomic E-state index is 9.72. The van der Waals surface area contributed by atoms with Crippen molar-refractivity contribution in [2.45, 2.75) is 0 Å². The lowest BCUT2D eigenvalue weighted by Gasteiger charge is -1.88. The van der Waals surface area contributed by atoms with Crippen LogP contribution in [-0.2, 0) is 19.5 Å². The largest absolute Gasteiger partial charge is 0.473 e. The Morgan fingerprint density at radius 3 is 2.12 bits per heavy atom. The summed E-state index contributed by atoms with van der Waals surface area (Å²) in [6.45, 7) is 0. The molecule has 0 unspecified atom stereocenters. The first-order chi connectivity index (χ1) is 3.68. The fourth-order valence-electron chi connectivity index (χ4n) is 0.0793. The van der Waals surface area contributed by atoms with Crippen molar-refractivity contribution in [3.63, 3.8) is 0 Å². The van der Waals surface area contributed by atoms with E-state index < -0.39 is 11.9 Å². The molecule has 0 rings (SSSR count). The second-order valence-electron chi connectivity index (χ2n) is 0.772. The second-order valence-corrected chi connectivity index (χ2v) is 0.772. The van der Waals surface area contributed by atoms with Gasteiger partial charge in [-0.15, -0.1) is 0 Å². The van der Waals surface area contributed by atoms with E-state index >= 15 is 0 Å². The lowest BCUT2D eigenvalue weighted by Crippen LogP contribution is -2.18. The molecule has 0 amide bonds. The number of nitrogens with two attached hydrogens (primary N) is 1. The Labute approximate surface area is 43.7 Å². The van der Waals surface area contributed by atoms with E-state index in [2.05, 4.69) is 15.8 Å². The number of hydrogen-bond acceptors (Lipinski definition) is 5. The molecule has 0 aliphatic heterocycles. The number of hydrogen-bond donors (Lipinski definition) is 2. The molecule has 46 valence electrons. The maximum atomic E-state index is 9.72. The van der Waals surface area contributed by atoms with Gasteiger partial charge in [0.25, 0.3) is 0 Å². The van der Waals surface area contributed by atoms with Crippen LogP contribution in [0.4, 0.5) is 0 Å². The third-order valence-corrected chi connectivity index (χ3v) is 0.298. The third kappa shape index (κ3) is 2.11. The molecule has 0 saturated heterocycles. The number of carbonyl (C=O) groups is 2. The Hall–Kier alpha value is -1.14. The number of carboxylic acids is 1. The van der Waals surface area contributed by atoms with Gasteiger partial charge >= 0.3 is 11.9 Å². The highest BCUT2D eigenvalue weighted by Gasteiger charge is 2.12. The van der Waals surface area contributed by atoms with Crippen molar-refractivity contribution in [3.05, 3.63) is 0 Å². The van der Waals surface area contributed by atoms with Gasteiger partial charge in [0.2, 0.25) is 0 Å². The molecule has 8 heavy (non-hydrogen) atoms. The Kier molecular flexibility index (Phi) is 2.52. The van der Waals surface area contributed by atoms with Crippen molar-refractivity contribution in [3.8, 4) is 0 Å². The molecule has 0 radical (unpaired) electrons. The van der Waals surface area contributed by atoms with E-state index in [1.807, 2.05) is 0 Å². The molecule has 0 aromatic carbocycles. The van der Waals surface area contributed by atoms with Gasteiger partial charge in [0.1, 0.15) is 0 Å². The highest BCUT2D eigenvalue weighted by Crippen LogP contribution is 1.72. The van der Waals surface area contributed by atoms with Crippen molar-refractivity contribution < 1.29 is 24.6 Å². The summed E-state index contributed by atoms with van der Waals surface area (Å²) in [6.07, 6.45) is 0. The molecular weight excluding hydrogens is 118 g/mol. The van der Waals surface area contributed by atoms with Crippen LogP contribution in [0.15, 0.2) is 0 Å². The Morgan fingerprint density at radius 1 is 1.50 bits per heavy atom. The second kappa shape index (κ2) is 2.94. The Bertz CT molecular complexity index is 109. The molecule has 6 nitrogen and oxygen atoms in total. The summed E-state index contributed by atoms with van der Waals surface area (Å²) in [4.78, 5) is 25.8. The molecule has 0 bridgehead atoms. The summed E-state index contributed by atoms with van der Waals surface area (Å²) < 4.78 is 0. The van der Waals surface area contributed by atoms with E-state index in [1.54, 1.807) is 0 Å². The van der Waals surface area contributed by atoms with Crippen molar-refractivity contribution in [2.75, 3.05) is 0 Å². The van der Waals surface area contributed by atoms with Crippen LogP contribution in [0, 0.1) is 0 Å². The summed E-state index contributed by atoms with van der Waals surface area (Å²) in [5.74, 6) is 0.858. The monoisotopic (exact) mass is 121 g/mol. The molecule has 0 saturated carbocycles. The van der Waals surface area contributed by atoms with Gasteiger partial charge in [-0.25, -0.2) is 9.59 Å². The van der Waals surface area contributed by atoms with Crippen LogP contribution < -0.4 is 5.90 Å². The fourth-order valence-corrected chi connectivity index (χ4v) is 0.0793. The first kappa shape index (κ1) is 6.86. The lowest BCUT2D eigenvalue weighted by molar-refractivity contribution is -0.275. The van der Waals surface area contributed by atoms with Gasteiger partial charge in [-0.1, -0.05) is 4.99 Å². The van der Waals surface area contributed by atoms with E-state index in [-0.39, 0.29) is 0 Å². The summed E-state index contributed by atoms with van der Waals surface area (Å²) in [5, 5.41) is 7.70. The minimum absolute atomic E-state index is 1.55. The minimum atomic E-state index is -1.75. The summed E-state index contributed by atoms with van der Waals surface area (Å²) >= 11 is 0. The fraction of sp³-hybridized carbons (Fsp3) is 0. The van der Waals surface area contributed by atoms with Gasteiger partial charge in [-0.05, 0) is 0 Å². The van der Waals surface area contributed by atoms with Crippen LogP contribution in [0.25, 0.3) is 0 Å². The topological polar surface area (TPSA) is 98.9 Å². The molecule has 0 aromatic rings. The van der Waals surface area contributed by atoms with Crippen molar-refractivity contribution in [1.82, 2.24) is 0 Å². The van der Waals surface area contributed by atoms with E-state index in [4.69, 9.17) is 5.11 Å². The van der Waals surface area contributed by atoms with E-state index in [0.29, 0.717) is 0 Å². The molecular formula is C2H3NO5. The van der Waals surface area contributed by atoms with Gasteiger partial charge < -0.3 is 5.11 Å². The predicted molar refractivity (Wildman–Crippen MR) is 19.0 cm³/mol. The first-order valence-corrected chi connectivity index (χ1v) is 1.49. The van der Waals surface area contributed by atoms with Gasteiger partial charge in [0.05, 0.1) is 0 Å². The van der Waals surface area contributed by atoms with Crippen LogP contribution in [0.5, 0.6) is 0 Å². The first-order valence-electron chi connectivity index (χ1n) is 1.49. The number of rotatable bonds is 1. The van der Waals surface area contributed by atoms with Crippen molar-refractivity contribution >= 4 is 11.9 Å². The highest BCUT2D eigenvalue weighted by atomic mass is 17.3. The van der Waals surface area contributed by atoms with Crippen LogP contribution in [0.3, 0.4) is 0 Å². The Morgan fingerprint density at radius 2 is 2.00 bits per heavy atom. The Balaban J connectivity index is 3.49. The standard InChI is InChI=1S/C2H3NO5/c3-8-7-2(6)1(4)5/h3H2,(H,4,5). The van der Waals surface area contributed by atoms with E-state index in [0.717, 1.165) is 0 Å². The van der Waals surface area contributed by atoms with Crippen molar-refractivity contribution in [2.24, 2.45) is 5.90 Å². The number of carbonyl (C=O) groups excluding carboxylic acids is 1. The molecule has 0 atom stereocenters. The SMILES string of the molecule is NOOC(=O)C(=O)O. The van der Waals surface area contributed by atoms with Gasteiger partial charge in [-0.3, -0.25) is 4.89 Å². The van der Waals surface area contributed by atoms with E-state index in [1.165, 1.54) is 0 Å². The predicted octanol–water partition coefficient (Wildman–Crippen LogP) is -1.58. The maximum Gasteiger partial charge on any atom is 0.451 e.